The minimum atomic E-state index is 0.373. The minimum absolute atomic E-state index is 0.373. The number of nitrogens with zero attached hydrogens (tertiary/aromatic N) is 1. The van der Waals surface area contributed by atoms with Crippen molar-refractivity contribution in [1.82, 2.24) is 10.2 Å². The fourth-order valence-electron chi connectivity index (χ4n) is 3.90. The predicted octanol–water partition coefficient (Wildman–Crippen LogP) is 2.25. The summed E-state index contributed by atoms with van der Waals surface area (Å²) in [5.74, 6) is 0.532. The molecule has 1 atom stereocenters. The van der Waals surface area contributed by atoms with E-state index in [1.54, 1.807) is 0 Å². The molecule has 0 amide bonds. The molecule has 19 heavy (non-hydrogen) atoms. The van der Waals surface area contributed by atoms with E-state index in [0.717, 1.165) is 13.1 Å². The highest BCUT2D eigenvalue weighted by Gasteiger charge is 2.35. The van der Waals surface area contributed by atoms with Crippen molar-refractivity contribution in [2.45, 2.75) is 51.9 Å². The molecule has 3 nitrogen and oxygen atoms in total. The molecule has 0 spiro atoms. The lowest BCUT2D eigenvalue weighted by molar-refractivity contribution is 0.111. The van der Waals surface area contributed by atoms with Gasteiger partial charge in [-0.25, -0.2) is 0 Å². The van der Waals surface area contributed by atoms with E-state index in [1.807, 2.05) is 0 Å². The molecule has 1 heterocycles. The molecule has 0 aromatic heterocycles. The summed E-state index contributed by atoms with van der Waals surface area (Å²) < 4.78 is 0. The van der Waals surface area contributed by atoms with Crippen LogP contribution in [0.1, 0.15) is 51.9 Å². The number of aliphatic hydroxyl groups is 1. The van der Waals surface area contributed by atoms with Gasteiger partial charge in [0.25, 0.3) is 0 Å². The van der Waals surface area contributed by atoms with Crippen LogP contribution in [0, 0.1) is 11.3 Å². The van der Waals surface area contributed by atoms with Gasteiger partial charge in [-0.15, -0.1) is 0 Å². The van der Waals surface area contributed by atoms with Crippen LogP contribution in [0.15, 0.2) is 0 Å². The monoisotopic (exact) mass is 268 g/mol. The molecule has 112 valence electrons. The van der Waals surface area contributed by atoms with E-state index >= 15 is 0 Å². The van der Waals surface area contributed by atoms with Gasteiger partial charge in [-0.05, 0) is 50.1 Å². The van der Waals surface area contributed by atoms with Crippen LogP contribution in [0.2, 0.25) is 0 Å². The molecule has 0 bridgehead atoms. The van der Waals surface area contributed by atoms with Crippen LogP contribution in [-0.2, 0) is 0 Å². The van der Waals surface area contributed by atoms with Crippen LogP contribution in [0.3, 0.4) is 0 Å². The molecule has 2 fully saturated rings. The normalized spacial score (nSPS) is 27.8. The fraction of sp³-hybridized carbons (Fsp3) is 1.00. The van der Waals surface area contributed by atoms with Crippen molar-refractivity contribution in [3.8, 4) is 0 Å². The Morgan fingerprint density at radius 3 is 2.68 bits per heavy atom. The summed E-state index contributed by atoms with van der Waals surface area (Å²) in [4.78, 5) is 2.61. The summed E-state index contributed by atoms with van der Waals surface area (Å²) in [6, 6.07) is 0. The lowest BCUT2D eigenvalue weighted by Gasteiger charge is -2.40. The van der Waals surface area contributed by atoms with Crippen molar-refractivity contribution in [3.05, 3.63) is 0 Å². The first-order valence-corrected chi connectivity index (χ1v) is 8.32. The highest BCUT2D eigenvalue weighted by molar-refractivity contribution is 4.90. The van der Waals surface area contributed by atoms with Crippen molar-refractivity contribution < 1.29 is 5.11 Å². The number of hydrogen-bond donors (Lipinski definition) is 2. The quantitative estimate of drug-likeness (QED) is 0.695. The van der Waals surface area contributed by atoms with Gasteiger partial charge in [-0.3, -0.25) is 0 Å². The molecular weight excluding hydrogens is 236 g/mol. The average Bonchev–Trinajstić information content (AvgIpc) is 2.87. The molecule has 1 saturated carbocycles. The van der Waals surface area contributed by atoms with Gasteiger partial charge >= 0.3 is 0 Å². The molecule has 0 aromatic rings. The largest absolute Gasteiger partial charge is 0.396 e. The van der Waals surface area contributed by atoms with Crippen LogP contribution < -0.4 is 5.32 Å². The molecule has 1 aliphatic heterocycles. The third-order valence-electron chi connectivity index (χ3n) is 5.03. The molecular formula is C16H32N2O. The highest BCUT2D eigenvalue weighted by atomic mass is 16.3. The predicted molar refractivity (Wildman–Crippen MR) is 80.3 cm³/mol. The van der Waals surface area contributed by atoms with E-state index in [2.05, 4.69) is 17.1 Å². The molecule has 1 aliphatic carbocycles. The van der Waals surface area contributed by atoms with E-state index in [-0.39, 0.29) is 0 Å². The Kier molecular flexibility index (Phi) is 6.11. The average molecular weight is 268 g/mol. The van der Waals surface area contributed by atoms with Crippen LogP contribution in [0.5, 0.6) is 0 Å². The smallest absolute Gasteiger partial charge is 0.0471 e. The van der Waals surface area contributed by atoms with Crippen LogP contribution in [0.25, 0.3) is 0 Å². The Hall–Kier alpha value is -0.120. The van der Waals surface area contributed by atoms with Gasteiger partial charge in [0, 0.05) is 26.2 Å². The molecule has 2 rings (SSSR count). The molecule has 1 unspecified atom stereocenters. The van der Waals surface area contributed by atoms with Crippen LogP contribution >= 0.6 is 0 Å². The highest BCUT2D eigenvalue weighted by Crippen LogP contribution is 2.37. The van der Waals surface area contributed by atoms with Crippen molar-refractivity contribution >= 4 is 0 Å². The Morgan fingerprint density at radius 1 is 1.26 bits per heavy atom. The van der Waals surface area contributed by atoms with Gasteiger partial charge in [0.05, 0.1) is 0 Å². The van der Waals surface area contributed by atoms with Crippen molar-refractivity contribution in [1.29, 1.82) is 0 Å². The van der Waals surface area contributed by atoms with Gasteiger partial charge < -0.3 is 15.3 Å². The topological polar surface area (TPSA) is 35.5 Å². The Morgan fingerprint density at radius 2 is 2.05 bits per heavy atom. The second kappa shape index (κ2) is 7.61. The zero-order chi connectivity index (χ0) is 13.6. The number of nitrogens with one attached hydrogen (secondary N) is 1. The van der Waals surface area contributed by atoms with Gasteiger partial charge in [0.15, 0.2) is 0 Å². The van der Waals surface area contributed by atoms with Crippen molar-refractivity contribution in [2.24, 2.45) is 11.3 Å². The summed E-state index contributed by atoms with van der Waals surface area (Å²) in [6.45, 7) is 8.53. The maximum Gasteiger partial charge on any atom is 0.0471 e. The zero-order valence-electron chi connectivity index (χ0n) is 12.7. The molecule has 3 heteroatoms. The lowest BCUT2D eigenvalue weighted by atomic mass is 9.73. The number of aliphatic hydroxyl groups excluding tert-OH is 1. The standard InChI is InChI=1S/C16H32N2O/c1-2-9-17-13-16(7-4-3-5-8-16)14-18-10-6-15(11-18)12-19/h15,17,19H,2-14H2,1H3. The van der Waals surface area contributed by atoms with E-state index in [0.29, 0.717) is 17.9 Å². The molecule has 0 aromatic carbocycles. The summed E-state index contributed by atoms with van der Waals surface area (Å²) in [7, 11) is 0. The summed E-state index contributed by atoms with van der Waals surface area (Å²) >= 11 is 0. The summed E-state index contributed by atoms with van der Waals surface area (Å²) in [5, 5.41) is 13.0. The van der Waals surface area contributed by atoms with Gasteiger partial charge in [0.1, 0.15) is 0 Å². The van der Waals surface area contributed by atoms with Crippen LogP contribution in [0.4, 0.5) is 0 Å². The second-order valence-corrected chi connectivity index (χ2v) is 6.81. The maximum absolute atomic E-state index is 9.29. The first kappa shape index (κ1) is 15.3. The van der Waals surface area contributed by atoms with Gasteiger partial charge in [0.2, 0.25) is 0 Å². The van der Waals surface area contributed by atoms with Gasteiger partial charge in [-0.2, -0.15) is 0 Å². The Balaban J connectivity index is 1.86. The van der Waals surface area contributed by atoms with E-state index in [9.17, 15) is 5.11 Å². The molecule has 2 aliphatic rings. The number of rotatable bonds is 7. The van der Waals surface area contributed by atoms with Gasteiger partial charge in [-0.1, -0.05) is 26.2 Å². The first-order chi connectivity index (χ1) is 9.28. The number of hydrogen-bond acceptors (Lipinski definition) is 3. The Bertz CT molecular complexity index is 251. The second-order valence-electron chi connectivity index (χ2n) is 6.81. The molecule has 1 saturated heterocycles. The number of likely N-dealkylation sites (tertiary alicyclic amines) is 1. The molecule has 2 N–H and O–H groups in total. The lowest BCUT2D eigenvalue weighted by Crippen LogP contribution is -2.45. The third kappa shape index (κ3) is 4.44. The molecule has 0 radical (unpaired) electrons. The fourth-order valence-corrected chi connectivity index (χ4v) is 3.90. The summed E-state index contributed by atoms with van der Waals surface area (Å²) in [6.07, 6.45) is 9.44. The summed E-state index contributed by atoms with van der Waals surface area (Å²) in [5.41, 5.74) is 0.512. The van der Waals surface area contributed by atoms with Crippen molar-refractivity contribution in [3.63, 3.8) is 0 Å². The minimum Gasteiger partial charge on any atom is -0.396 e. The Labute approximate surface area is 118 Å². The van der Waals surface area contributed by atoms with E-state index in [4.69, 9.17) is 0 Å². The van der Waals surface area contributed by atoms with Crippen LogP contribution in [-0.4, -0.2) is 49.3 Å². The SMILES string of the molecule is CCCNCC1(CN2CCC(CO)C2)CCCCC1. The zero-order valence-corrected chi connectivity index (χ0v) is 12.7. The first-order valence-electron chi connectivity index (χ1n) is 8.32. The third-order valence-corrected chi connectivity index (χ3v) is 5.03. The van der Waals surface area contributed by atoms with E-state index < -0.39 is 0 Å². The maximum atomic E-state index is 9.29. The van der Waals surface area contributed by atoms with E-state index in [1.165, 1.54) is 64.6 Å². The van der Waals surface area contributed by atoms with Crippen molar-refractivity contribution in [2.75, 3.05) is 39.3 Å².